The van der Waals surface area contributed by atoms with Gasteiger partial charge >= 0.3 is 0 Å². The largest absolute Gasteiger partial charge is 0.355 e. The molecule has 1 amide bonds. The summed E-state index contributed by atoms with van der Waals surface area (Å²) < 4.78 is 0. The average molecular weight is 253 g/mol. The van der Waals surface area contributed by atoms with Crippen LogP contribution in [0.1, 0.15) is 34.8 Å². The molecule has 0 aromatic carbocycles. The molecule has 17 heavy (non-hydrogen) atoms. The van der Waals surface area contributed by atoms with Crippen LogP contribution >= 0.6 is 11.3 Å². The quantitative estimate of drug-likeness (QED) is 0.858. The van der Waals surface area contributed by atoms with Crippen LogP contribution in [0.3, 0.4) is 0 Å². The fourth-order valence-corrected chi connectivity index (χ4v) is 2.98. The Balaban J connectivity index is 1.92. The second-order valence-electron chi connectivity index (χ2n) is 4.46. The molecule has 2 rings (SSSR count). The summed E-state index contributed by atoms with van der Waals surface area (Å²) in [4.78, 5) is 17.4. The first-order valence-electron chi connectivity index (χ1n) is 6.11. The number of aryl methyl sites for hydroxylation is 2. The topological polar surface area (TPSA) is 54.0 Å². The van der Waals surface area contributed by atoms with Crippen molar-refractivity contribution in [1.29, 1.82) is 0 Å². The number of nitrogens with zero attached hydrogens (tertiary/aromatic N) is 1. The number of carbonyl (C=O) groups is 1. The molecule has 1 fully saturated rings. The van der Waals surface area contributed by atoms with Crippen LogP contribution in [-0.2, 0) is 11.3 Å². The predicted molar refractivity (Wildman–Crippen MR) is 69.1 cm³/mol. The van der Waals surface area contributed by atoms with Crippen LogP contribution < -0.4 is 10.6 Å². The molecular weight excluding hydrogens is 234 g/mol. The Kier molecular flexibility index (Phi) is 4.12. The molecule has 1 unspecified atom stereocenters. The summed E-state index contributed by atoms with van der Waals surface area (Å²) in [7, 11) is 0. The lowest BCUT2D eigenvalue weighted by molar-refractivity contribution is -0.122. The van der Waals surface area contributed by atoms with E-state index in [0.717, 1.165) is 43.1 Å². The van der Waals surface area contributed by atoms with E-state index in [0.29, 0.717) is 0 Å². The van der Waals surface area contributed by atoms with Crippen LogP contribution in [0.5, 0.6) is 0 Å². The summed E-state index contributed by atoms with van der Waals surface area (Å²) in [5.74, 6) is 0.140. The van der Waals surface area contributed by atoms with Gasteiger partial charge in [-0.15, -0.1) is 11.3 Å². The number of carbonyl (C=O) groups excluding carboxylic acids is 1. The highest BCUT2D eigenvalue weighted by Gasteiger charge is 2.20. The summed E-state index contributed by atoms with van der Waals surface area (Å²) >= 11 is 1.70. The van der Waals surface area contributed by atoms with Gasteiger partial charge in [0.15, 0.2) is 0 Å². The van der Waals surface area contributed by atoms with Crippen LogP contribution in [0.4, 0.5) is 0 Å². The second kappa shape index (κ2) is 5.60. The molecule has 0 aliphatic carbocycles. The van der Waals surface area contributed by atoms with Crippen molar-refractivity contribution in [3.8, 4) is 0 Å². The Morgan fingerprint density at radius 3 is 3.00 bits per heavy atom. The molecule has 1 atom stereocenters. The van der Waals surface area contributed by atoms with E-state index >= 15 is 0 Å². The monoisotopic (exact) mass is 253 g/mol. The fourth-order valence-electron chi connectivity index (χ4n) is 2.09. The van der Waals surface area contributed by atoms with Gasteiger partial charge in [0.2, 0.25) is 5.91 Å². The summed E-state index contributed by atoms with van der Waals surface area (Å²) in [5.41, 5.74) is 1.08. The number of rotatable bonds is 3. The molecule has 2 N–H and O–H groups in total. The van der Waals surface area contributed by atoms with Crippen molar-refractivity contribution in [1.82, 2.24) is 15.6 Å². The lowest BCUT2D eigenvalue weighted by Gasteiger charge is -2.14. The molecule has 0 bridgehead atoms. The molecule has 1 saturated heterocycles. The molecular formula is C12H19N3OS. The maximum Gasteiger partial charge on any atom is 0.237 e. The zero-order valence-electron chi connectivity index (χ0n) is 10.4. The van der Waals surface area contributed by atoms with Crippen molar-refractivity contribution in [3.63, 3.8) is 0 Å². The lowest BCUT2D eigenvalue weighted by atomic mass is 10.1. The van der Waals surface area contributed by atoms with Crippen LogP contribution in [0, 0.1) is 13.8 Å². The first-order chi connectivity index (χ1) is 8.16. The van der Waals surface area contributed by atoms with Crippen LogP contribution in [0.25, 0.3) is 0 Å². The highest BCUT2D eigenvalue weighted by atomic mass is 32.1. The summed E-state index contributed by atoms with van der Waals surface area (Å²) in [6, 6.07) is -0.0423. The van der Waals surface area contributed by atoms with Gasteiger partial charge in [0.1, 0.15) is 0 Å². The van der Waals surface area contributed by atoms with Crippen LogP contribution in [0.2, 0.25) is 0 Å². The number of hydrogen-bond acceptors (Lipinski definition) is 4. The van der Waals surface area contributed by atoms with Gasteiger partial charge in [-0.1, -0.05) is 0 Å². The van der Waals surface area contributed by atoms with Gasteiger partial charge < -0.3 is 10.6 Å². The predicted octanol–water partition coefficient (Wildman–Crippen LogP) is 1.52. The van der Waals surface area contributed by atoms with Crippen molar-refractivity contribution in [3.05, 3.63) is 15.6 Å². The minimum Gasteiger partial charge on any atom is -0.355 e. The van der Waals surface area contributed by atoms with Crippen molar-refractivity contribution in [2.24, 2.45) is 0 Å². The Hall–Kier alpha value is -0.940. The van der Waals surface area contributed by atoms with E-state index in [4.69, 9.17) is 0 Å². The number of hydrogen-bond donors (Lipinski definition) is 2. The van der Waals surface area contributed by atoms with Gasteiger partial charge in [-0.3, -0.25) is 4.79 Å². The number of aromatic nitrogens is 1. The molecule has 4 nitrogen and oxygen atoms in total. The lowest BCUT2D eigenvalue weighted by Crippen LogP contribution is -2.42. The van der Waals surface area contributed by atoms with E-state index in [9.17, 15) is 4.79 Å². The van der Waals surface area contributed by atoms with E-state index in [-0.39, 0.29) is 11.9 Å². The molecule has 2 heterocycles. The third-order valence-electron chi connectivity index (χ3n) is 3.04. The molecule has 5 heteroatoms. The standard InChI is InChI=1S/C12H19N3OS/c1-8-11(17-9(2)15-8)7-14-10-5-3-4-6-13-12(10)16/h10,14H,3-7H2,1-2H3,(H,13,16). The zero-order chi connectivity index (χ0) is 12.3. The van der Waals surface area contributed by atoms with Gasteiger partial charge in [0.25, 0.3) is 0 Å². The van der Waals surface area contributed by atoms with E-state index < -0.39 is 0 Å². The van der Waals surface area contributed by atoms with Gasteiger partial charge in [-0.2, -0.15) is 0 Å². The summed E-state index contributed by atoms with van der Waals surface area (Å²) in [5, 5.41) is 7.36. The van der Waals surface area contributed by atoms with Gasteiger partial charge in [0, 0.05) is 18.0 Å². The van der Waals surface area contributed by atoms with E-state index in [2.05, 4.69) is 15.6 Å². The second-order valence-corrected chi connectivity index (χ2v) is 5.75. The normalized spacial score (nSPS) is 21.1. The van der Waals surface area contributed by atoms with Gasteiger partial charge in [-0.25, -0.2) is 4.98 Å². The number of amides is 1. The van der Waals surface area contributed by atoms with Crippen LogP contribution in [-0.4, -0.2) is 23.5 Å². The average Bonchev–Trinajstić information content (AvgIpc) is 2.48. The minimum absolute atomic E-state index is 0.0423. The third kappa shape index (κ3) is 3.26. The molecule has 1 aromatic heterocycles. The Labute approximate surface area is 106 Å². The zero-order valence-corrected chi connectivity index (χ0v) is 11.2. The Morgan fingerprint density at radius 1 is 1.47 bits per heavy atom. The maximum absolute atomic E-state index is 11.7. The van der Waals surface area contributed by atoms with Crippen molar-refractivity contribution in [2.45, 2.75) is 45.7 Å². The highest BCUT2D eigenvalue weighted by molar-refractivity contribution is 7.11. The molecule has 1 aromatic rings. The first-order valence-corrected chi connectivity index (χ1v) is 6.92. The fraction of sp³-hybridized carbons (Fsp3) is 0.667. The Morgan fingerprint density at radius 2 is 2.29 bits per heavy atom. The van der Waals surface area contributed by atoms with Gasteiger partial charge in [-0.05, 0) is 33.1 Å². The molecule has 1 aliphatic rings. The summed E-state index contributed by atoms with van der Waals surface area (Å²) in [6.45, 7) is 5.60. The third-order valence-corrected chi connectivity index (χ3v) is 4.12. The number of nitrogens with one attached hydrogen (secondary N) is 2. The maximum atomic E-state index is 11.7. The highest BCUT2D eigenvalue weighted by Crippen LogP contribution is 2.17. The molecule has 0 radical (unpaired) electrons. The summed E-state index contributed by atoms with van der Waals surface area (Å²) in [6.07, 6.45) is 3.13. The molecule has 0 saturated carbocycles. The number of thiazole rings is 1. The van der Waals surface area contributed by atoms with Crippen molar-refractivity contribution in [2.75, 3.05) is 6.54 Å². The van der Waals surface area contributed by atoms with Crippen molar-refractivity contribution >= 4 is 17.2 Å². The molecule has 0 spiro atoms. The Bertz CT molecular complexity index is 402. The first kappa shape index (κ1) is 12.5. The SMILES string of the molecule is Cc1nc(C)c(CNC2CCCCNC2=O)s1. The minimum atomic E-state index is -0.0423. The molecule has 1 aliphatic heterocycles. The van der Waals surface area contributed by atoms with E-state index in [1.165, 1.54) is 4.88 Å². The molecule has 94 valence electrons. The van der Waals surface area contributed by atoms with Crippen molar-refractivity contribution < 1.29 is 4.79 Å². The van der Waals surface area contributed by atoms with E-state index in [1.807, 2.05) is 13.8 Å². The smallest absolute Gasteiger partial charge is 0.237 e. The van der Waals surface area contributed by atoms with E-state index in [1.54, 1.807) is 11.3 Å². The van der Waals surface area contributed by atoms with Gasteiger partial charge in [0.05, 0.1) is 16.7 Å². The van der Waals surface area contributed by atoms with Crippen LogP contribution in [0.15, 0.2) is 0 Å².